The van der Waals surface area contributed by atoms with Crippen LogP contribution in [0.25, 0.3) is 0 Å². The number of pyridine rings is 1. The molecule has 1 heterocycles. The maximum Gasteiger partial charge on any atom is 0.213 e. The van der Waals surface area contributed by atoms with Gasteiger partial charge in [0.15, 0.2) is 0 Å². The second-order valence-electron chi connectivity index (χ2n) is 3.39. The van der Waals surface area contributed by atoms with Gasteiger partial charge in [0, 0.05) is 11.8 Å². The van der Waals surface area contributed by atoms with Gasteiger partial charge in [-0.05, 0) is 31.4 Å². The number of unbranched alkanes of at least 4 members (excludes halogenated alkanes) is 1. The van der Waals surface area contributed by atoms with Gasteiger partial charge in [0.05, 0.1) is 13.2 Å². The SMILES string of the molecule is C=CCCCOc1cc(CO)cc(C)n1. The fourth-order valence-electron chi connectivity index (χ4n) is 1.28. The van der Waals surface area contributed by atoms with Crippen molar-refractivity contribution < 1.29 is 9.84 Å². The fraction of sp³-hybridized carbons (Fsp3) is 0.417. The summed E-state index contributed by atoms with van der Waals surface area (Å²) in [4.78, 5) is 4.22. The van der Waals surface area contributed by atoms with Gasteiger partial charge in [0.1, 0.15) is 0 Å². The quantitative estimate of drug-likeness (QED) is 0.574. The molecule has 1 rings (SSSR count). The highest BCUT2D eigenvalue weighted by Crippen LogP contribution is 2.12. The van der Waals surface area contributed by atoms with Crippen molar-refractivity contribution in [2.75, 3.05) is 6.61 Å². The third-order valence-electron chi connectivity index (χ3n) is 1.97. The molecule has 15 heavy (non-hydrogen) atoms. The lowest BCUT2D eigenvalue weighted by molar-refractivity contribution is 0.276. The van der Waals surface area contributed by atoms with Gasteiger partial charge in [-0.3, -0.25) is 0 Å². The third kappa shape index (κ3) is 4.13. The van der Waals surface area contributed by atoms with Gasteiger partial charge < -0.3 is 9.84 Å². The summed E-state index contributed by atoms with van der Waals surface area (Å²) in [6.45, 7) is 6.18. The summed E-state index contributed by atoms with van der Waals surface area (Å²) in [7, 11) is 0. The molecule has 3 heteroatoms. The third-order valence-corrected chi connectivity index (χ3v) is 1.97. The van der Waals surface area contributed by atoms with E-state index in [9.17, 15) is 0 Å². The van der Waals surface area contributed by atoms with Crippen LogP contribution in [0.4, 0.5) is 0 Å². The Morgan fingerprint density at radius 3 is 3.00 bits per heavy atom. The first-order valence-electron chi connectivity index (χ1n) is 5.08. The summed E-state index contributed by atoms with van der Waals surface area (Å²) in [6.07, 6.45) is 3.75. The molecular weight excluding hydrogens is 190 g/mol. The highest BCUT2D eigenvalue weighted by Gasteiger charge is 2.00. The number of rotatable bonds is 6. The fourth-order valence-corrected chi connectivity index (χ4v) is 1.28. The van der Waals surface area contributed by atoms with E-state index >= 15 is 0 Å². The van der Waals surface area contributed by atoms with Crippen LogP contribution in [0, 0.1) is 6.92 Å². The Labute approximate surface area is 90.4 Å². The maximum absolute atomic E-state index is 9.00. The molecule has 0 saturated carbocycles. The monoisotopic (exact) mass is 207 g/mol. The number of hydrogen-bond donors (Lipinski definition) is 1. The van der Waals surface area contributed by atoms with Crippen molar-refractivity contribution in [3.63, 3.8) is 0 Å². The molecule has 0 saturated heterocycles. The number of aliphatic hydroxyl groups excluding tert-OH is 1. The molecule has 0 amide bonds. The van der Waals surface area contributed by atoms with E-state index in [4.69, 9.17) is 9.84 Å². The first-order chi connectivity index (χ1) is 7.26. The predicted molar refractivity (Wildman–Crippen MR) is 59.8 cm³/mol. The van der Waals surface area contributed by atoms with Crippen LogP contribution in [0.1, 0.15) is 24.1 Å². The Morgan fingerprint density at radius 1 is 1.53 bits per heavy atom. The molecule has 1 N–H and O–H groups in total. The minimum Gasteiger partial charge on any atom is -0.478 e. The molecule has 0 bridgehead atoms. The minimum absolute atomic E-state index is 0.0202. The number of aryl methyl sites for hydroxylation is 1. The molecule has 0 aliphatic heterocycles. The second kappa shape index (κ2) is 6.19. The molecular formula is C12H17NO2. The van der Waals surface area contributed by atoms with E-state index in [1.54, 1.807) is 6.07 Å². The molecule has 1 aromatic heterocycles. The molecule has 0 unspecified atom stereocenters. The molecule has 0 spiro atoms. The van der Waals surface area contributed by atoms with E-state index in [2.05, 4.69) is 11.6 Å². The molecule has 82 valence electrons. The Kier molecular flexibility index (Phi) is 4.84. The van der Waals surface area contributed by atoms with Crippen molar-refractivity contribution in [2.45, 2.75) is 26.4 Å². The van der Waals surface area contributed by atoms with Crippen LogP contribution in [0.5, 0.6) is 5.88 Å². The highest BCUT2D eigenvalue weighted by molar-refractivity contribution is 5.23. The largest absolute Gasteiger partial charge is 0.478 e. The number of aliphatic hydroxyl groups is 1. The van der Waals surface area contributed by atoms with Crippen molar-refractivity contribution in [3.05, 3.63) is 36.0 Å². The standard InChI is InChI=1S/C12H17NO2/c1-3-4-5-6-15-12-8-11(9-14)7-10(2)13-12/h3,7-8,14H,1,4-6,9H2,2H3. The highest BCUT2D eigenvalue weighted by atomic mass is 16.5. The number of allylic oxidation sites excluding steroid dienone is 1. The topological polar surface area (TPSA) is 42.4 Å². The van der Waals surface area contributed by atoms with Crippen molar-refractivity contribution in [1.29, 1.82) is 0 Å². The van der Waals surface area contributed by atoms with Crippen molar-refractivity contribution in [2.24, 2.45) is 0 Å². The zero-order chi connectivity index (χ0) is 11.1. The molecule has 0 radical (unpaired) electrons. The van der Waals surface area contributed by atoms with Crippen LogP contribution in [0.2, 0.25) is 0 Å². The lowest BCUT2D eigenvalue weighted by Gasteiger charge is -2.06. The smallest absolute Gasteiger partial charge is 0.213 e. The van der Waals surface area contributed by atoms with E-state index in [0.29, 0.717) is 12.5 Å². The Morgan fingerprint density at radius 2 is 2.33 bits per heavy atom. The first kappa shape index (κ1) is 11.7. The zero-order valence-electron chi connectivity index (χ0n) is 9.07. The van der Waals surface area contributed by atoms with Gasteiger partial charge in [-0.15, -0.1) is 6.58 Å². The Balaban J connectivity index is 2.52. The summed E-state index contributed by atoms with van der Waals surface area (Å²) in [5.74, 6) is 0.586. The van der Waals surface area contributed by atoms with Crippen LogP contribution in [0.15, 0.2) is 24.8 Å². The van der Waals surface area contributed by atoms with Crippen LogP contribution in [-0.2, 0) is 6.61 Å². The average Bonchev–Trinajstić information content (AvgIpc) is 2.23. The number of nitrogens with zero attached hydrogens (tertiary/aromatic N) is 1. The van der Waals surface area contributed by atoms with E-state index in [0.717, 1.165) is 24.1 Å². The molecule has 0 fully saturated rings. The van der Waals surface area contributed by atoms with Crippen molar-refractivity contribution >= 4 is 0 Å². The van der Waals surface area contributed by atoms with E-state index in [-0.39, 0.29) is 6.61 Å². The summed E-state index contributed by atoms with van der Waals surface area (Å²) in [5.41, 5.74) is 1.70. The van der Waals surface area contributed by atoms with E-state index in [1.165, 1.54) is 0 Å². The van der Waals surface area contributed by atoms with Crippen molar-refractivity contribution in [1.82, 2.24) is 4.98 Å². The van der Waals surface area contributed by atoms with Crippen LogP contribution >= 0.6 is 0 Å². The molecule has 1 aromatic rings. The van der Waals surface area contributed by atoms with Gasteiger partial charge in [0.25, 0.3) is 0 Å². The lowest BCUT2D eigenvalue weighted by atomic mass is 10.2. The first-order valence-corrected chi connectivity index (χ1v) is 5.08. The molecule has 0 aromatic carbocycles. The summed E-state index contributed by atoms with van der Waals surface area (Å²) in [5, 5.41) is 9.00. The molecule has 0 aliphatic rings. The summed E-state index contributed by atoms with van der Waals surface area (Å²) < 4.78 is 5.46. The van der Waals surface area contributed by atoms with E-state index < -0.39 is 0 Å². The lowest BCUT2D eigenvalue weighted by Crippen LogP contribution is -2.00. The van der Waals surface area contributed by atoms with E-state index in [1.807, 2.05) is 19.1 Å². The van der Waals surface area contributed by atoms with Crippen LogP contribution < -0.4 is 4.74 Å². The number of aromatic nitrogens is 1. The van der Waals surface area contributed by atoms with Gasteiger partial charge in [-0.1, -0.05) is 6.08 Å². The molecule has 0 aliphatic carbocycles. The van der Waals surface area contributed by atoms with Gasteiger partial charge >= 0.3 is 0 Å². The predicted octanol–water partition coefficient (Wildman–Crippen LogP) is 2.23. The maximum atomic E-state index is 9.00. The molecule has 0 atom stereocenters. The van der Waals surface area contributed by atoms with Crippen LogP contribution in [-0.4, -0.2) is 16.7 Å². The van der Waals surface area contributed by atoms with Crippen molar-refractivity contribution in [3.8, 4) is 5.88 Å². The average molecular weight is 207 g/mol. The minimum atomic E-state index is 0.0202. The number of ether oxygens (including phenoxy) is 1. The Hall–Kier alpha value is -1.35. The second-order valence-corrected chi connectivity index (χ2v) is 3.39. The van der Waals surface area contributed by atoms with Gasteiger partial charge in [-0.25, -0.2) is 4.98 Å². The Bertz CT molecular complexity index is 323. The van der Waals surface area contributed by atoms with Gasteiger partial charge in [0.2, 0.25) is 5.88 Å². The number of hydrogen-bond acceptors (Lipinski definition) is 3. The van der Waals surface area contributed by atoms with Crippen LogP contribution in [0.3, 0.4) is 0 Å². The zero-order valence-corrected chi connectivity index (χ0v) is 9.07. The normalized spacial score (nSPS) is 10.0. The summed E-state index contributed by atoms with van der Waals surface area (Å²) in [6, 6.07) is 3.61. The summed E-state index contributed by atoms with van der Waals surface area (Å²) >= 11 is 0. The van der Waals surface area contributed by atoms with Gasteiger partial charge in [-0.2, -0.15) is 0 Å². The molecule has 3 nitrogen and oxygen atoms in total.